The van der Waals surface area contributed by atoms with E-state index in [1.807, 2.05) is 6.07 Å². The SMILES string of the molecule is Clc1cc(C(Cl)c2cc3sccc3s2)c(Cl)s1. The van der Waals surface area contributed by atoms with E-state index in [4.69, 9.17) is 34.8 Å². The van der Waals surface area contributed by atoms with E-state index in [1.165, 1.54) is 20.7 Å². The van der Waals surface area contributed by atoms with Crippen molar-refractivity contribution in [1.29, 1.82) is 0 Å². The first-order valence-corrected chi connectivity index (χ1v) is 8.41. The summed E-state index contributed by atoms with van der Waals surface area (Å²) in [6.45, 7) is 0. The predicted molar refractivity (Wildman–Crippen MR) is 81.7 cm³/mol. The molecule has 3 aromatic heterocycles. The molecule has 0 fully saturated rings. The smallest absolute Gasteiger partial charge is 0.0994 e. The van der Waals surface area contributed by atoms with Gasteiger partial charge in [0.2, 0.25) is 0 Å². The van der Waals surface area contributed by atoms with Gasteiger partial charge in [-0.3, -0.25) is 0 Å². The molecule has 1 atom stereocenters. The van der Waals surface area contributed by atoms with E-state index in [0.717, 1.165) is 10.4 Å². The van der Waals surface area contributed by atoms with Gasteiger partial charge in [-0.15, -0.1) is 45.6 Å². The van der Waals surface area contributed by atoms with Crippen LogP contribution in [0.4, 0.5) is 0 Å². The number of fused-ring (bicyclic) bond motifs is 1. The highest BCUT2D eigenvalue weighted by molar-refractivity contribution is 7.27. The highest BCUT2D eigenvalue weighted by atomic mass is 35.5. The van der Waals surface area contributed by atoms with Crippen LogP contribution in [0.25, 0.3) is 9.40 Å². The Morgan fingerprint density at radius 1 is 1.06 bits per heavy atom. The Bertz CT molecular complexity index is 636. The average molecular weight is 340 g/mol. The van der Waals surface area contributed by atoms with Crippen molar-refractivity contribution in [3.63, 3.8) is 0 Å². The van der Waals surface area contributed by atoms with Crippen molar-refractivity contribution in [3.05, 3.63) is 42.7 Å². The summed E-state index contributed by atoms with van der Waals surface area (Å²) in [5.41, 5.74) is 0.900. The Labute approximate surface area is 125 Å². The summed E-state index contributed by atoms with van der Waals surface area (Å²) in [7, 11) is 0. The van der Waals surface area contributed by atoms with Crippen LogP contribution in [0, 0.1) is 0 Å². The first kappa shape index (κ1) is 12.3. The highest BCUT2D eigenvalue weighted by Gasteiger charge is 2.19. The molecule has 0 saturated heterocycles. The summed E-state index contributed by atoms with van der Waals surface area (Å²) in [5, 5.41) is 1.87. The lowest BCUT2D eigenvalue weighted by Crippen LogP contribution is -1.87. The second-order valence-electron chi connectivity index (χ2n) is 3.44. The maximum absolute atomic E-state index is 6.46. The van der Waals surface area contributed by atoms with Gasteiger partial charge in [0, 0.05) is 19.8 Å². The lowest BCUT2D eigenvalue weighted by molar-refractivity contribution is 1.21. The molecule has 1 unspecified atom stereocenters. The van der Waals surface area contributed by atoms with Crippen LogP contribution >= 0.6 is 68.8 Å². The number of thiophene rings is 3. The highest BCUT2D eigenvalue weighted by Crippen LogP contribution is 2.44. The van der Waals surface area contributed by atoms with E-state index in [9.17, 15) is 0 Å². The fourth-order valence-electron chi connectivity index (χ4n) is 1.59. The molecule has 0 aliphatic carbocycles. The Balaban J connectivity index is 2.04. The van der Waals surface area contributed by atoms with Gasteiger partial charge >= 0.3 is 0 Å². The fraction of sp³-hybridized carbons (Fsp3) is 0.0909. The van der Waals surface area contributed by atoms with Gasteiger partial charge in [0.25, 0.3) is 0 Å². The molecule has 0 N–H and O–H groups in total. The molecule has 0 nitrogen and oxygen atoms in total. The van der Waals surface area contributed by atoms with Crippen molar-refractivity contribution in [3.8, 4) is 0 Å². The molecule has 3 aromatic rings. The van der Waals surface area contributed by atoms with Gasteiger partial charge in [0.05, 0.1) is 14.0 Å². The molecule has 6 heteroatoms. The second-order valence-corrected chi connectivity index (χ2v) is 8.23. The van der Waals surface area contributed by atoms with Crippen LogP contribution in [0.15, 0.2) is 23.6 Å². The van der Waals surface area contributed by atoms with Crippen molar-refractivity contribution in [1.82, 2.24) is 0 Å². The van der Waals surface area contributed by atoms with E-state index in [0.29, 0.717) is 8.67 Å². The van der Waals surface area contributed by atoms with Crippen LogP contribution in [-0.4, -0.2) is 0 Å². The summed E-state index contributed by atoms with van der Waals surface area (Å²) in [6, 6.07) is 6.09. The third kappa shape index (κ3) is 2.25. The average Bonchev–Trinajstić information content (AvgIpc) is 2.90. The van der Waals surface area contributed by atoms with Gasteiger partial charge < -0.3 is 0 Å². The maximum Gasteiger partial charge on any atom is 0.0994 e. The van der Waals surface area contributed by atoms with E-state index < -0.39 is 0 Å². The quantitative estimate of drug-likeness (QED) is 0.458. The van der Waals surface area contributed by atoms with E-state index in [1.54, 1.807) is 22.7 Å². The normalized spacial score (nSPS) is 13.4. The molecule has 0 amide bonds. The second kappa shape index (κ2) is 4.72. The summed E-state index contributed by atoms with van der Waals surface area (Å²) in [4.78, 5) is 1.12. The van der Waals surface area contributed by atoms with Gasteiger partial charge in [-0.1, -0.05) is 23.2 Å². The molecule has 3 heterocycles. The number of halogens is 3. The van der Waals surface area contributed by atoms with E-state index in [-0.39, 0.29) is 5.38 Å². The standard InChI is InChI=1S/C11H5Cl3S3/c12-9-3-5(11(14)17-9)10(13)8-4-7-6(16-8)1-2-15-7/h1-4,10H. The first-order valence-electron chi connectivity index (χ1n) is 4.71. The minimum atomic E-state index is -0.212. The molecule has 0 aliphatic rings. The number of hydrogen-bond donors (Lipinski definition) is 0. The minimum Gasteiger partial charge on any atom is -0.143 e. The number of alkyl halides is 1. The van der Waals surface area contributed by atoms with E-state index >= 15 is 0 Å². The predicted octanol–water partition coefficient (Wildman–Crippen LogP) is 6.66. The van der Waals surface area contributed by atoms with Crippen LogP contribution < -0.4 is 0 Å². The molecule has 0 bridgehead atoms. The Morgan fingerprint density at radius 3 is 2.53 bits per heavy atom. The molecule has 0 radical (unpaired) electrons. The topological polar surface area (TPSA) is 0 Å². The van der Waals surface area contributed by atoms with Crippen LogP contribution in [0.3, 0.4) is 0 Å². The lowest BCUT2D eigenvalue weighted by Gasteiger charge is -2.04. The van der Waals surface area contributed by atoms with Crippen molar-refractivity contribution in [2.45, 2.75) is 5.38 Å². The molecular formula is C11H5Cl3S3. The van der Waals surface area contributed by atoms with Crippen LogP contribution in [0.5, 0.6) is 0 Å². The Kier molecular flexibility index (Phi) is 3.41. The van der Waals surface area contributed by atoms with E-state index in [2.05, 4.69) is 17.5 Å². The molecule has 0 saturated carbocycles. The minimum absolute atomic E-state index is 0.212. The van der Waals surface area contributed by atoms with Gasteiger partial charge in [0.15, 0.2) is 0 Å². The zero-order chi connectivity index (χ0) is 12.0. The van der Waals surface area contributed by atoms with Gasteiger partial charge in [0.1, 0.15) is 0 Å². The third-order valence-corrected chi connectivity index (χ3v) is 6.64. The lowest BCUT2D eigenvalue weighted by atomic mass is 10.2. The van der Waals surface area contributed by atoms with Crippen LogP contribution in [-0.2, 0) is 0 Å². The largest absolute Gasteiger partial charge is 0.143 e. The zero-order valence-electron chi connectivity index (χ0n) is 8.25. The zero-order valence-corrected chi connectivity index (χ0v) is 13.0. The number of rotatable bonds is 2. The van der Waals surface area contributed by atoms with Gasteiger partial charge in [-0.2, -0.15) is 0 Å². The van der Waals surface area contributed by atoms with Crippen molar-refractivity contribution in [2.75, 3.05) is 0 Å². The molecule has 17 heavy (non-hydrogen) atoms. The van der Waals surface area contributed by atoms with Crippen LogP contribution in [0.1, 0.15) is 15.8 Å². The van der Waals surface area contributed by atoms with Crippen molar-refractivity contribution < 1.29 is 0 Å². The summed E-state index contributed by atoms with van der Waals surface area (Å²) in [6.07, 6.45) is 0. The Hall–Kier alpha value is 0.230. The summed E-state index contributed by atoms with van der Waals surface area (Å²) < 4.78 is 3.89. The maximum atomic E-state index is 6.46. The fourth-order valence-corrected chi connectivity index (χ4v) is 5.73. The van der Waals surface area contributed by atoms with Crippen molar-refractivity contribution in [2.24, 2.45) is 0 Å². The van der Waals surface area contributed by atoms with Crippen molar-refractivity contribution >= 4 is 78.2 Å². The number of hydrogen-bond acceptors (Lipinski definition) is 3. The van der Waals surface area contributed by atoms with Crippen LogP contribution in [0.2, 0.25) is 8.67 Å². The molecule has 3 rings (SSSR count). The van der Waals surface area contributed by atoms with Gasteiger partial charge in [-0.25, -0.2) is 0 Å². The molecule has 0 spiro atoms. The first-order chi connectivity index (χ1) is 8.15. The molecule has 0 aliphatic heterocycles. The monoisotopic (exact) mass is 338 g/mol. The summed E-state index contributed by atoms with van der Waals surface area (Å²) in [5.74, 6) is 0. The van der Waals surface area contributed by atoms with Gasteiger partial charge in [-0.05, 0) is 23.6 Å². The molecule has 88 valence electrons. The molecule has 0 aromatic carbocycles. The Morgan fingerprint density at radius 2 is 1.88 bits per heavy atom. The molecular weight excluding hydrogens is 335 g/mol. The summed E-state index contributed by atoms with van der Waals surface area (Å²) >= 11 is 23.3. The third-order valence-electron chi connectivity index (χ3n) is 2.36.